The Balaban J connectivity index is 2.16. The Bertz CT molecular complexity index is 707. The first kappa shape index (κ1) is 15.2. The Morgan fingerprint density at radius 2 is 1.86 bits per heavy atom. The molecule has 3 nitrogen and oxygen atoms in total. The number of amides is 1. The maximum absolute atomic E-state index is 13.5. The molecule has 0 aliphatic carbocycles. The highest BCUT2D eigenvalue weighted by Crippen LogP contribution is 2.16. The van der Waals surface area contributed by atoms with Crippen LogP contribution in [0.4, 0.5) is 13.2 Å². The number of nitrogens with one attached hydrogen (secondary N) is 1. The van der Waals surface area contributed by atoms with Gasteiger partial charge in [0.1, 0.15) is 0 Å². The lowest BCUT2D eigenvalue weighted by Gasteiger charge is -2.07. The van der Waals surface area contributed by atoms with Crippen LogP contribution in [0.15, 0.2) is 18.2 Å². The van der Waals surface area contributed by atoms with E-state index in [-0.39, 0.29) is 6.54 Å². The van der Waals surface area contributed by atoms with Crippen LogP contribution in [-0.4, -0.2) is 10.5 Å². The third-order valence-electron chi connectivity index (χ3n) is 3.60. The average molecular weight is 296 g/mol. The summed E-state index contributed by atoms with van der Waals surface area (Å²) in [6, 6.07) is 3.55. The highest BCUT2D eigenvalue weighted by atomic mass is 19.2. The molecule has 0 radical (unpaired) electrons. The molecule has 0 saturated heterocycles. The first-order chi connectivity index (χ1) is 9.82. The second kappa shape index (κ2) is 5.63. The molecule has 0 saturated carbocycles. The fourth-order valence-electron chi connectivity index (χ4n) is 2.08. The van der Waals surface area contributed by atoms with Crippen LogP contribution < -0.4 is 5.32 Å². The van der Waals surface area contributed by atoms with E-state index in [0.717, 1.165) is 29.1 Å². The van der Waals surface area contributed by atoms with E-state index in [1.807, 2.05) is 31.5 Å². The van der Waals surface area contributed by atoms with Crippen molar-refractivity contribution in [2.75, 3.05) is 0 Å². The minimum atomic E-state index is -1.64. The Morgan fingerprint density at radius 1 is 1.19 bits per heavy atom. The van der Waals surface area contributed by atoms with Gasteiger partial charge in [-0.05, 0) is 37.6 Å². The topological polar surface area (TPSA) is 34.0 Å². The van der Waals surface area contributed by atoms with Crippen molar-refractivity contribution in [1.82, 2.24) is 9.88 Å². The summed E-state index contributed by atoms with van der Waals surface area (Å²) in [7, 11) is 1.89. The van der Waals surface area contributed by atoms with Crippen LogP contribution in [0.2, 0.25) is 0 Å². The third-order valence-corrected chi connectivity index (χ3v) is 3.60. The summed E-state index contributed by atoms with van der Waals surface area (Å²) in [6.07, 6.45) is 0. The Labute approximate surface area is 120 Å². The number of nitrogens with zero attached hydrogens (tertiary/aromatic N) is 1. The summed E-state index contributed by atoms with van der Waals surface area (Å²) in [5, 5.41) is 2.50. The van der Waals surface area contributed by atoms with E-state index in [9.17, 15) is 18.0 Å². The molecule has 112 valence electrons. The lowest BCUT2D eigenvalue weighted by molar-refractivity contribution is 0.0945. The predicted molar refractivity (Wildman–Crippen MR) is 72.4 cm³/mol. The quantitative estimate of drug-likeness (QED) is 0.868. The molecule has 0 aliphatic heterocycles. The Hall–Kier alpha value is -2.24. The lowest BCUT2D eigenvalue weighted by Crippen LogP contribution is -2.24. The van der Waals surface area contributed by atoms with E-state index in [4.69, 9.17) is 0 Å². The first-order valence-electron chi connectivity index (χ1n) is 6.36. The van der Waals surface area contributed by atoms with Gasteiger partial charge in [-0.3, -0.25) is 4.79 Å². The van der Waals surface area contributed by atoms with Crippen LogP contribution in [0.5, 0.6) is 0 Å². The summed E-state index contributed by atoms with van der Waals surface area (Å²) in [5.74, 6) is -5.23. The van der Waals surface area contributed by atoms with Crippen LogP contribution in [-0.2, 0) is 13.6 Å². The van der Waals surface area contributed by atoms with Crippen molar-refractivity contribution in [3.8, 4) is 0 Å². The molecule has 0 aliphatic rings. The van der Waals surface area contributed by atoms with Crippen LogP contribution in [0.25, 0.3) is 0 Å². The van der Waals surface area contributed by atoms with Gasteiger partial charge in [0.05, 0.1) is 5.56 Å². The number of carbonyl (C=O) groups excluding carboxylic acids is 1. The zero-order chi connectivity index (χ0) is 15.7. The van der Waals surface area contributed by atoms with Crippen LogP contribution in [0, 0.1) is 31.3 Å². The number of benzene rings is 1. The fourth-order valence-corrected chi connectivity index (χ4v) is 2.08. The third kappa shape index (κ3) is 2.79. The molecule has 0 spiro atoms. The molecule has 0 bridgehead atoms. The molecule has 0 unspecified atom stereocenters. The molecule has 1 aromatic carbocycles. The normalized spacial score (nSPS) is 10.8. The van der Waals surface area contributed by atoms with Gasteiger partial charge >= 0.3 is 0 Å². The summed E-state index contributed by atoms with van der Waals surface area (Å²) >= 11 is 0. The molecule has 2 aromatic rings. The maximum Gasteiger partial charge on any atom is 0.254 e. The second-order valence-corrected chi connectivity index (χ2v) is 4.86. The standard InChI is InChI=1S/C15H15F3N2O/c1-8-6-10(9(2)20(8)3)7-19-15(21)11-4-5-12(16)14(18)13(11)17/h4-6H,7H2,1-3H3,(H,19,21). The van der Waals surface area contributed by atoms with Crippen molar-refractivity contribution in [3.05, 3.63) is 58.2 Å². The highest BCUT2D eigenvalue weighted by molar-refractivity contribution is 5.94. The van der Waals surface area contributed by atoms with Gasteiger partial charge < -0.3 is 9.88 Å². The van der Waals surface area contributed by atoms with Crippen LogP contribution in [0.3, 0.4) is 0 Å². The summed E-state index contributed by atoms with van der Waals surface area (Å²) in [6.45, 7) is 4.00. The first-order valence-corrected chi connectivity index (χ1v) is 6.36. The number of rotatable bonds is 3. The maximum atomic E-state index is 13.5. The minimum Gasteiger partial charge on any atom is -0.352 e. The summed E-state index contributed by atoms with van der Waals surface area (Å²) in [4.78, 5) is 11.9. The molecule has 0 atom stereocenters. The monoisotopic (exact) mass is 296 g/mol. The van der Waals surface area contributed by atoms with Gasteiger partial charge in [-0.15, -0.1) is 0 Å². The number of aryl methyl sites for hydroxylation is 1. The van der Waals surface area contributed by atoms with Crippen molar-refractivity contribution in [2.24, 2.45) is 7.05 Å². The molecule has 0 fully saturated rings. The average Bonchev–Trinajstić information content (AvgIpc) is 2.69. The molecule has 2 rings (SSSR count). The zero-order valence-electron chi connectivity index (χ0n) is 11.9. The van der Waals surface area contributed by atoms with E-state index < -0.39 is 28.9 Å². The smallest absolute Gasteiger partial charge is 0.254 e. The van der Waals surface area contributed by atoms with E-state index in [2.05, 4.69) is 5.32 Å². The molecular weight excluding hydrogens is 281 g/mol. The van der Waals surface area contributed by atoms with Crippen molar-refractivity contribution in [2.45, 2.75) is 20.4 Å². The van der Waals surface area contributed by atoms with Gasteiger partial charge in [0.25, 0.3) is 5.91 Å². The van der Waals surface area contributed by atoms with Gasteiger partial charge in [0, 0.05) is 25.0 Å². The molecule has 21 heavy (non-hydrogen) atoms. The summed E-state index contributed by atoms with van der Waals surface area (Å²) < 4.78 is 41.4. The van der Waals surface area contributed by atoms with E-state index in [0.29, 0.717) is 0 Å². The van der Waals surface area contributed by atoms with E-state index in [1.165, 1.54) is 0 Å². The highest BCUT2D eigenvalue weighted by Gasteiger charge is 2.19. The lowest BCUT2D eigenvalue weighted by atomic mass is 10.1. The van der Waals surface area contributed by atoms with Crippen molar-refractivity contribution < 1.29 is 18.0 Å². The van der Waals surface area contributed by atoms with E-state index >= 15 is 0 Å². The van der Waals surface area contributed by atoms with Crippen molar-refractivity contribution in [3.63, 3.8) is 0 Å². The molecule has 6 heteroatoms. The van der Waals surface area contributed by atoms with Crippen LogP contribution in [0.1, 0.15) is 27.3 Å². The number of aromatic nitrogens is 1. The van der Waals surface area contributed by atoms with Gasteiger partial charge in [-0.25, -0.2) is 13.2 Å². The molecule has 1 N–H and O–H groups in total. The second-order valence-electron chi connectivity index (χ2n) is 4.86. The van der Waals surface area contributed by atoms with Crippen LogP contribution >= 0.6 is 0 Å². The largest absolute Gasteiger partial charge is 0.352 e. The fraction of sp³-hybridized carbons (Fsp3) is 0.267. The zero-order valence-corrected chi connectivity index (χ0v) is 11.9. The van der Waals surface area contributed by atoms with Gasteiger partial charge in [0.2, 0.25) is 0 Å². The minimum absolute atomic E-state index is 0.185. The summed E-state index contributed by atoms with van der Waals surface area (Å²) in [5.41, 5.74) is 2.36. The Morgan fingerprint density at radius 3 is 2.43 bits per heavy atom. The molecule has 1 amide bonds. The van der Waals surface area contributed by atoms with Crippen molar-refractivity contribution in [1.29, 1.82) is 0 Å². The molecular formula is C15H15F3N2O. The number of carbonyl (C=O) groups is 1. The van der Waals surface area contributed by atoms with Gasteiger partial charge in [0.15, 0.2) is 17.5 Å². The number of hydrogen-bond donors (Lipinski definition) is 1. The van der Waals surface area contributed by atoms with Crippen molar-refractivity contribution >= 4 is 5.91 Å². The van der Waals surface area contributed by atoms with E-state index in [1.54, 1.807) is 0 Å². The predicted octanol–water partition coefficient (Wildman–Crippen LogP) is 2.99. The number of hydrogen-bond acceptors (Lipinski definition) is 1. The molecule has 1 aromatic heterocycles. The SMILES string of the molecule is Cc1cc(CNC(=O)c2ccc(F)c(F)c2F)c(C)n1C. The van der Waals surface area contributed by atoms with Gasteiger partial charge in [-0.2, -0.15) is 0 Å². The van der Waals surface area contributed by atoms with Gasteiger partial charge in [-0.1, -0.05) is 0 Å². The number of halogens is 3. The Kier molecular flexibility index (Phi) is 4.06. The molecule has 1 heterocycles.